The smallest absolute Gasteiger partial charge is 0.305 e. The third kappa shape index (κ3) is 51.5. The Balaban J connectivity index is 3.50. The number of nitrogens with one attached hydrogen (secondary N) is 1. The standard InChI is InChI=1S/C60H113NO5/c1-3-5-7-9-11-13-15-17-19-20-21-22-23-24-25-27-28-32-36-40-44-48-52-58(63)57(56-62)61-59(64)53-49-45-41-37-33-30-31-35-39-43-47-51-55-66-60(65)54-50-46-42-38-34-29-26-18-16-14-12-10-8-6-4-2/h12,14,18,26,31,35,57-58,62-63H,3-11,13,15-17,19-25,27-30,32-34,36-56H2,1-2H3,(H,61,64)/b14-12-,26-18-,35-31-. The Morgan fingerprint density at radius 3 is 1.20 bits per heavy atom. The number of aliphatic hydroxyl groups excluding tert-OH is 2. The van der Waals surface area contributed by atoms with Crippen LogP contribution in [0, 0.1) is 0 Å². The number of aliphatic hydroxyl groups is 2. The van der Waals surface area contributed by atoms with E-state index in [9.17, 15) is 19.8 Å². The van der Waals surface area contributed by atoms with Crippen molar-refractivity contribution in [1.82, 2.24) is 5.32 Å². The molecule has 66 heavy (non-hydrogen) atoms. The van der Waals surface area contributed by atoms with Gasteiger partial charge in [-0.05, 0) is 89.9 Å². The number of carbonyl (C=O) groups is 2. The van der Waals surface area contributed by atoms with Gasteiger partial charge in [-0.3, -0.25) is 9.59 Å². The number of unbranched alkanes of at least 4 members (excludes halogenated alkanes) is 37. The zero-order chi connectivity index (χ0) is 47.9. The van der Waals surface area contributed by atoms with Crippen LogP contribution in [-0.2, 0) is 14.3 Å². The van der Waals surface area contributed by atoms with Crippen LogP contribution in [0.15, 0.2) is 36.5 Å². The van der Waals surface area contributed by atoms with Gasteiger partial charge in [0.25, 0.3) is 0 Å². The highest BCUT2D eigenvalue weighted by Crippen LogP contribution is 2.17. The maximum absolute atomic E-state index is 12.5. The molecule has 0 aliphatic rings. The number of hydrogen-bond donors (Lipinski definition) is 3. The van der Waals surface area contributed by atoms with E-state index in [2.05, 4.69) is 55.6 Å². The summed E-state index contributed by atoms with van der Waals surface area (Å²) in [4.78, 5) is 24.5. The molecule has 3 N–H and O–H groups in total. The minimum atomic E-state index is -0.683. The molecular weight excluding hydrogens is 815 g/mol. The molecule has 0 aliphatic carbocycles. The second-order valence-corrected chi connectivity index (χ2v) is 20.0. The van der Waals surface area contributed by atoms with Crippen LogP contribution >= 0.6 is 0 Å². The first-order valence-corrected chi connectivity index (χ1v) is 29.2. The Hall–Kier alpha value is -1.92. The van der Waals surface area contributed by atoms with Crippen molar-refractivity contribution in [3.8, 4) is 0 Å². The van der Waals surface area contributed by atoms with Crippen molar-refractivity contribution in [2.45, 2.75) is 321 Å². The summed E-state index contributed by atoms with van der Waals surface area (Å²) in [6, 6.07) is -0.562. The van der Waals surface area contributed by atoms with E-state index in [4.69, 9.17) is 4.74 Å². The van der Waals surface area contributed by atoms with Gasteiger partial charge in [0, 0.05) is 12.8 Å². The van der Waals surface area contributed by atoms with Gasteiger partial charge in [0.05, 0.1) is 25.4 Å². The second kappa shape index (κ2) is 55.7. The van der Waals surface area contributed by atoms with E-state index in [1.54, 1.807) is 0 Å². The van der Waals surface area contributed by atoms with E-state index in [-0.39, 0.29) is 18.5 Å². The second-order valence-electron chi connectivity index (χ2n) is 20.0. The Labute approximate surface area is 411 Å². The highest BCUT2D eigenvalue weighted by molar-refractivity contribution is 5.76. The Bertz CT molecular complexity index is 1070. The predicted octanol–water partition coefficient (Wildman–Crippen LogP) is 18.0. The summed E-state index contributed by atoms with van der Waals surface area (Å²) < 4.78 is 5.44. The van der Waals surface area contributed by atoms with Gasteiger partial charge in [0.15, 0.2) is 0 Å². The van der Waals surface area contributed by atoms with Gasteiger partial charge in [0.1, 0.15) is 0 Å². The first-order chi connectivity index (χ1) is 32.5. The van der Waals surface area contributed by atoms with Crippen LogP contribution in [0.4, 0.5) is 0 Å². The van der Waals surface area contributed by atoms with E-state index in [0.717, 1.165) is 89.9 Å². The van der Waals surface area contributed by atoms with Gasteiger partial charge in [0.2, 0.25) is 5.91 Å². The van der Waals surface area contributed by atoms with Crippen molar-refractivity contribution < 1.29 is 24.5 Å². The zero-order valence-electron chi connectivity index (χ0n) is 44.2. The SMILES string of the molecule is CCCCC/C=C\C/C=C\CCCCCCCC(=O)OCCCCC/C=C\CCCCCCCC(=O)NC(CO)C(O)CCCCCCCCCCCCCCCCCCCCCCCC. The van der Waals surface area contributed by atoms with Crippen LogP contribution in [-0.4, -0.2) is 47.4 Å². The Kier molecular flexibility index (Phi) is 54.1. The molecule has 0 fully saturated rings. The van der Waals surface area contributed by atoms with Crippen LogP contribution < -0.4 is 5.32 Å². The van der Waals surface area contributed by atoms with E-state index in [0.29, 0.717) is 25.9 Å². The lowest BCUT2D eigenvalue weighted by molar-refractivity contribution is -0.143. The van der Waals surface area contributed by atoms with Crippen molar-refractivity contribution in [2.75, 3.05) is 13.2 Å². The summed E-state index contributed by atoms with van der Waals surface area (Å²) in [6.07, 6.45) is 68.5. The van der Waals surface area contributed by atoms with Gasteiger partial charge < -0.3 is 20.3 Å². The number of hydrogen-bond acceptors (Lipinski definition) is 5. The van der Waals surface area contributed by atoms with E-state index in [1.807, 2.05) is 0 Å². The van der Waals surface area contributed by atoms with Gasteiger partial charge in [-0.2, -0.15) is 0 Å². The predicted molar refractivity (Wildman–Crippen MR) is 287 cm³/mol. The molecule has 0 radical (unpaired) electrons. The fourth-order valence-corrected chi connectivity index (χ4v) is 8.90. The fourth-order valence-electron chi connectivity index (χ4n) is 8.90. The molecule has 0 heterocycles. The van der Waals surface area contributed by atoms with E-state index in [1.165, 1.54) is 186 Å². The van der Waals surface area contributed by atoms with Crippen molar-refractivity contribution in [1.29, 1.82) is 0 Å². The number of ether oxygens (including phenoxy) is 1. The summed E-state index contributed by atoms with van der Waals surface area (Å²) in [6.45, 7) is 4.87. The molecule has 0 saturated carbocycles. The molecular formula is C60H113NO5. The summed E-state index contributed by atoms with van der Waals surface area (Å²) in [5, 5.41) is 23.3. The summed E-state index contributed by atoms with van der Waals surface area (Å²) in [5.74, 6) is -0.0959. The topological polar surface area (TPSA) is 95.9 Å². The first-order valence-electron chi connectivity index (χ1n) is 29.2. The van der Waals surface area contributed by atoms with Gasteiger partial charge >= 0.3 is 5.97 Å². The lowest BCUT2D eigenvalue weighted by Gasteiger charge is -2.22. The molecule has 6 heteroatoms. The number of rotatable bonds is 54. The molecule has 0 rings (SSSR count). The molecule has 0 aromatic carbocycles. The zero-order valence-corrected chi connectivity index (χ0v) is 44.2. The third-order valence-corrected chi connectivity index (χ3v) is 13.4. The average Bonchev–Trinajstić information content (AvgIpc) is 3.32. The molecule has 1 amide bonds. The highest BCUT2D eigenvalue weighted by Gasteiger charge is 2.20. The summed E-state index contributed by atoms with van der Waals surface area (Å²) in [7, 11) is 0. The largest absolute Gasteiger partial charge is 0.466 e. The number of esters is 1. The maximum Gasteiger partial charge on any atom is 0.305 e. The quantitative estimate of drug-likeness (QED) is 0.0321. The van der Waals surface area contributed by atoms with Gasteiger partial charge in [-0.15, -0.1) is 0 Å². The monoisotopic (exact) mass is 928 g/mol. The highest BCUT2D eigenvalue weighted by atomic mass is 16.5. The van der Waals surface area contributed by atoms with Gasteiger partial charge in [-0.25, -0.2) is 0 Å². The molecule has 388 valence electrons. The summed E-state index contributed by atoms with van der Waals surface area (Å²) in [5.41, 5.74) is 0. The van der Waals surface area contributed by atoms with Crippen LogP contribution in [0.5, 0.6) is 0 Å². The van der Waals surface area contributed by atoms with Crippen molar-refractivity contribution in [3.63, 3.8) is 0 Å². The van der Waals surface area contributed by atoms with E-state index < -0.39 is 12.1 Å². The normalized spacial score (nSPS) is 12.8. The molecule has 6 nitrogen and oxygen atoms in total. The lowest BCUT2D eigenvalue weighted by atomic mass is 10.0. The Morgan fingerprint density at radius 2 is 0.758 bits per heavy atom. The molecule has 2 atom stereocenters. The average molecular weight is 929 g/mol. The molecule has 0 saturated heterocycles. The number of allylic oxidation sites excluding steroid dienone is 6. The van der Waals surface area contributed by atoms with Crippen molar-refractivity contribution in [3.05, 3.63) is 36.5 Å². The summed E-state index contributed by atoms with van der Waals surface area (Å²) >= 11 is 0. The molecule has 2 unspecified atom stereocenters. The maximum atomic E-state index is 12.5. The van der Waals surface area contributed by atoms with E-state index >= 15 is 0 Å². The fraction of sp³-hybridized carbons (Fsp3) is 0.867. The van der Waals surface area contributed by atoms with Crippen LogP contribution in [0.2, 0.25) is 0 Å². The van der Waals surface area contributed by atoms with Crippen LogP contribution in [0.3, 0.4) is 0 Å². The molecule has 0 aliphatic heterocycles. The minimum absolute atomic E-state index is 0.0363. The third-order valence-electron chi connectivity index (χ3n) is 13.4. The lowest BCUT2D eigenvalue weighted by Crippen LogP contribution is -2.45. The molecule has 0 spiro atoms. The first kappa shape index (κ1) is 64.1. The molecule has 0 aromatic heterocycles. The Morgan fingerprint density at radius 1 is 0.424 bits per heavy atom. The molecule has 0 aromatic rings. The van der Waals surface area contributed by atoms with Crippen LogP contribution in [0.1, 0.15) is 309 Å². The minimum Gasteiger partial charge on any atom is -0.466 e. The van der Waals surface area contributed by atoms with Gasteiger partial charge in [-0.1, -0.05) is 243 Å². The number of amides is 1. The van der Waals surface area contributed by atoms with Crippen molar-refractivity contribution in [2.24, 2.45) is 0 Å². The van der Waals surface area contributed by atoms with Crippen LogP contribution in [0.25, 0.3) is 0 Å². The van der Waals surface area contributed by atoms with Crippen molar-refractivity contribution >= 4 is 11.9 Å². The number of carbonyl (C=O) groups excluding carboxylic acids is 2. The molecule has 0 bridgehead atoms.